The Morgan fingerprint density at radius 1 is 1.17 bits per heavy atom. The van der Waals surface area contributed by atoms with E-state index in [1.807, 2.05) is 25.6 Å². The number of rotatable bonds is 4. The molecule has 1 atom stereocenters. The Hall–Kier alpha value is -1.95. The largest absolute Gasteiger partial charge is 0.472 e. The van der Waals surface area contributed by atoms with Crippen molar-refractivity contribution in [1.29, 1.82) is 0 Å². The number of ether oxygens (including phenoxy) is 1. The maximum Gasteiger partial charge on any atom is 0.220 e. The highest BCUT2D eigenvalue weighted by atomic mass is 16.5. The van der Waals surface area contributed by atoms with E-state index in [9.17, 15) is 0 Å². The van der Waals surface area contributed by atoms with E-state index < -0.39 is 0 Å². The molecule has 0 amide bonds. The van der Waals surface area contributed by atoms with Crippen molar-refractivity contribution in [3.8, 4) is 5.88 Å². The van der Waals surface area contributed by atoms with Gasteiger partial charge in [0.25, 0.3) is 0 Å². The van der Waals surface area contributed by atoms with Gasteiger partial charge in [0.1, 0.15) is 11.9 Å². The Kier molecular flexibility index (Phi) is 4.10. The van der Waals surface area contributed by atoms with Crippen molar-refractivity contribution in [3.05, 3.63) is 34.0 Å². The van der Waals surface area contributed by atoms with Crippen LogP contribution in [-0.4, -0.2) is 44.3 Å². The second kappa shape index (κ2) is 5.92. The summed E-state index contributed by atoms with van der Waals surface area (Å²) >= 11 is 0. The van der Waals surface area contributed by atoms with E-state index in [0.29, 0.717) is 0 Å². The third-order valence-corrected chi connectivity index (χ3v) is 4.60. The highest BCUT2D eigenvalue weighted by molar-refractivity contribution is 5.34. The lowest BCUT2D eigenvalue weighted by molar-refractivity contribution is 0.160. The summed E-state index contributed by atoms with van der Waals surface area (Å²) in [5.41, 5.74) is 5.82. The summed E-state index contributed by atoms with van der Waals surface area (Å²) in [6.07, 6.45) is 1.03. The third kappa shape index (κ3) is 3.08. The summed E-state index contributed by atoms with van der Waals surface area (Å²) in [7, 11) is 4.12. The molecule has 6 heteroatoms. The van der Waals surface area contributed by atoms with Crippen molar-refractivity contribution in [2.75, 3.05) is 13.6 Å². The predicted octanol–water partition coefficient (Wildman–Crippen LogP) is 1.88. The van der Waals surface area contributed by atoms with Crippen LogP contribution in [0.5, 0.6) is 5.88 Å². The summed E-state index contributed by atoms with van der Waals surface area (Å²) < 4.78 is 7.98. The molecule has 0 bridgehead atoms. The van der Waals surface area contributed by atoms with Crippen molar-refractivity contribution in [2.45, 2.75) is 46.8 Å². The van der Waals surface area contributed by atoms with Gasteiger partial charge in [-0.05, 0) is 34.7 Å². The van der Waals surface area contributed by atoms with Crippen molar-refractivity contribution in [3.63, 3.8) is 0 Å². The van der Waals surface area contributed by atoms with Crippen LogP contribution in [0.25, 0.3) is 0 Å². The van der Waals surface area contributed by atoms with Gasteiger partial charge in [-0.1, -0.05) is 0 Å². The van der Waals surface area contributed by atoms with Gasteiger partial charge in [-0.3, -0.25) is 9.58 Å². The molecule has 6 nitrogen and oxygen atoms in total. The average Bonchev–Trinajstić information content (AvgIpc) is 2.95. The SMILES string of the molecule is Cc1nc(C)c2c(n1)O[C@@H](CN(C)Cc1c(C)nn(C)c1C)C2. The molecule has 124 valence electrons. The number of aromatic nitrogens is 4. The van der Waals surface area contributed by atoms with Crippen LogP contribution in [-0.2, 0) is 20.0 Å². The first kappa shape index (κ1) is 15.9. The second-order valence-electron chi connectivity index (χ2n) is 6.55. The lowest BCUT2D eigenvalue weighted by Gasteiger charge is -2.20. The molecule has 2 aromatic rings. The molecule has 0 fully saturated rings. The van der Waals surface area contributed by atoms with Gasteiger partial charge in [0.05, 0.1) is 5.69 Å². The van der Waals surface area contributed by atoms with E-state index in [1.165, 1.54) is 11.3 Å². The standard InChI is InChI=1S/C17H25N5O/c1-10-15-7-14(23-17(15)19-13(4)18-10)8-21(5)9-16-11(2)20-22(6)12(16)3/h14H,7-9H2,1-6H3/t14-/m1/s1. The molecule has 1 aliphatic heterocycles. The Morgan fingerprint density at radius 3 is 2.57 bits per heavy atom. The van der Waals surface area contributed by atoms with Gasteiger partial charge in [-0.15, -0.1) is 0 Å². The molecule has 0 aromatic carbocycles. The van der Waals surface area contributed by atoms with E-state index in [2.05, 4.69) is 40.9 Å². The fraction of sp³-hybridized carbons (Fsp3) is 0.588. The molecule has 3 rings (SSSR count). The maximum absolute atomic E-state index is 6.03. The Balaban J connectivity index is 1.66. The molecule has 0 spiro atoms. The van der Waals surface area contributed by atoms with Crippen molar-refractivity contribution >= 4 is 0 Å². The molecule has 1 aliphatic rings. The van der Waals surface area contributed by atoms with Crippen LogP contribution in [0.1, 0.15) is 34.0 Å². The van der Waals surface area contributed by atoms with Gasteiger partial charge in [-0.2, -0.15) is 10.1 Å². The lowest BCUT2D eigenvalue weighted by Crippen LogP contribution is -2.32. The van der Waals surface area contributed by atoms with Crippen LogP contribution in [0.15, 0.2) is 0 Å². The molecule has 0 aliphatic carbocycles. The monoisotopic (exact) mass is 315 g/mol. The van der Waals surface area contributed by atoms with E-state index in [1.54, 1.807) is 0 Å². The predicted molar refractivity (Wildman–Crippen MR) is 88.6 cm³/mol. The van der Waals surface area contributed by atoms with Gasteiger partial charge in [-0.25, -0.2) is 4.98 Å². The zero-order chi connectivity index (χ0) is 16.7. The first-order valence-corrected chi connectivity index (χ1v) is 8.03. The number of nitrogens with zero attached hydrogens (tertiary/aromatic N) is 5. The van der Waals surface area contributed by atoms with E-state index in [4.69, 9.17) is 4.74 Å². The molecule has 0 saturated carbocycles. The number of fused-ring (bicyclic) bond motifs is 1. The third-order valence-electron chi connectivity index (χ3n) is 4.60. The number of hydrogen-bond donors (Lipinski definition) is 0. The fourth-order valence-corrected chi connectivity index (χ4v) is 3.29. The van der Waals surface area contributed by atoms with Crippen LogP contribution in [0.3, 0.4) is 0 Å². The molecule has 23 heavy (non-hydrogen) atoms. The normalized spacial score (nSPS) is 16.7. The average molecular weight is 315 g/mol. The van der Waals surface area contributed by atoms with Crippen LogP contribution in [0, 0.1) is 27.7 Å². The van der Waals surface area contributed by atoms with Crippen molar-refractivity contribution in [2.24, 2.45) is 7.05 Å². The zero-order valence-corrected chi connectivity index (χ0v) is 14.8. The fourth-order valence-electron chi connectivity index (χ4n) is 3.29. The van der Waals surface area contributed by atoms with E-state index in [-0.39, 0.29) is 6.10 Å². The minimum atomic E-state index is 0.141. The van der Waals surface area contributed by atoms with Gasteiger partial charge in [0.2, 0.25) is 5.88 Å². The highest BCUT2D eigenvalue weighted by Gasteiger charge is 2.28. The number of hydrogen-bond acceptors (Lipinski definition) is 5. The minimum Gasteiger partial charge on any atom is -0.472 e. The summed E-state index contributed by atoms with van der Waals surface area (Å²) in [6, 6.07) is 0. The van der Waals surface area contributed by atoms with Crippen LogP contribution < -0.4 is 4.74 Å². The maximum atomic E-state index is 6.03. The molecule has 3 heterocycles. The van der Waals surface area contributed by atoms with Crippen LogP contribution >= 0.6 is 0 Å². The molecule has 0 unspecified atom stereocenters. The van der Waals surface area contributed by atoms with Crippen molar-refractivity contribution in [1.82, 2.24) is 24.6 Å². The summed E-state index contributed by atoms with van der Waals surface area (Å²) in [6.45, 7) is 9.87. The zero-order valence-electron chi connectivity index (χ0n) is 14.8. The van der Waals surface area contributed by atoms with Gasteiger partial charge in [0, 0.05) is 49.1 Å². The number of aryl methyl sites for hydroxylation is 4. The Labute approximate surface area is 137 Å². The molecule has 0 saturated heterocycles. The highest BCUT2D eigenvalue weighted by Crippen LogP contribution is 2.29. The van der Waals surface area contributed by atoms with Gasteiger partial charge in [0.15, 0.2) is 0 Å². The summed E-state index contributed by atoms with van der Waals surface area (Å²) in [5, 5.41) is 4.49. The van der Waals surface area contributed by atoms with Crippen LogP contribution in [0.4, 0.5) is 0 Å². The Bertz CT molecular complexity index is 737. The quantitative estimate of drug-likeness (QED) is 0.862. The van der Waals surface area contributed by atoms with E-state index >= 15 is 0 Å². The number of likely N-dealkylation sites (N-methyl/N-ethyl adjacent to an activating group) is 1. The topological polar surface area (TPSA) is 56.1 Å². The van der Waals surface area contributed by atoms with E-state index in [0.717, 1.165) is 48.2 Å². The van der Waals surface area contributed by atoms with Gasteiger partial charge < -0.3 is 4.74 Å². The molecular formula is C17H25N5O. The summed E-state index contributed by atoms with van der Waals surface area (Å²) in [4.78, 5) is 11.2. The lowest BCUT2D eigenvalue weighted by atomic mass is 10.1. The second-order valence-corrected chi connectivity index (χ2v) is 6.55. The minimum absolute atomic E-state index is 0.141. The van der Waals surface area contributed by atoms with Crippen LogP contribution in [0.2, 0.25) is 0 Å². The van der Waals surface area contributed by atoms with Crippen molar-refractivity contribution < 1.29 is 4.74 Å². The molecule has 2 aromatic heterocycles. The molecule has 0 radical (unpaired) electrons. The smallest absolute Gasteiger partial charge is 0.220 e. The molecular weight excluding hydrogens is 290 g/mol. The van der Waals surface area contributed by atoms with Gasteiger partial charge >= 0.3 is 0 Å². The Morgan fingerprint density at radius 2 is 1.91 bits per heavy atom. The first-order valence-electron chi connectivity index (χ1n) is 8.03. The molecule has 0 N–H and O–H groups in total. The first-order chi connectivity index (χ1) is 10.8. The summed E-state index contributed by atoms with van der Waals surface area (Å²) in [5.74, 6) is 1.54.